The van der Waals surface area contributed by atoms with E-state index in [1.807, 2.05) is 0 Å². The van der Waals surface area contributed by atoms with Gasteiger partial charge in [0.2, 0.25) is 0 Å². The molecule has 8 nitrogen and oxygen atoms in total. The summed E-state index contributed by atoms with van der Waals surface area (Å²) < 4.78 is 15.1. The zero-order valence-electron chi connectivity index (χ0n) is 11.9. The first-order valence-electron chi connectivity index (χ1n) is 5.60. The van der Waals surface area contributed by atoms with Crippen LogP contribution in [0, 0.1) is 0 Å². The molecule has 0 spiro atoms. The highest BCUT2D eigenvalue weighted by molar-refractivity contribution is 8.13. The lowest BCUT2D eigenvalue weighted by Crippen LogP contribution is -2.16. The Morgan fingerprint density at radius 2 is 1.71 bits per heavy atom. The maximum Gasteiger partial charge on any atom is 0.374 e. The van der Waals surface area contributed by atoms with Crippen LogP contribution in [0.4, 0.5) is 4.79 Å². The second-order valence-electron chi connectivity index (χ2n) is 3.62. The fourth-order valence-electron chi connectivity index (χ4n) is 1.32. The molecule has 0 radical (unpaired) electrons. The van der Waals surface area contributed by atoms with Crippen LogP contribution >= 0.6 is 11.8 Å². The molecule has 0 aliphatic heterocycles. The van der Waals surface area contributed by atoms with Gasteiger partial charge in [0.1, 0.15) is 5.57 Å². The van der Waals surface area contributed by atoms with Crippen molar-refractivity contribution in [2.75, 3.05) is 21.3 Å². The van der Waals surface area contributed by atoms with Crippen LogP contribution in [-0.4, -0.2) is 48.1 Å². The Hall–Kier alpha value is -2.29. The van der Waals surface area contributed by atoms with Gasteiger partial charge in [-0.25, -0.2) is 19.4 Å². The maximum absolute atomic E-state index is 11.6. The molecule has 0 atom stereocenters. The number of rotatable bonds is 4. The summed E-state index contributed by atoms with van der Waals surface area (Å²) >= 11 is 0.776. The average molecular weight is 314 g/mol. The van der Waals surface area contributed by atoms with Crippen molar-refractivity contribution in [1.29, 1.82) is 0 Å². The number of ether oxygens (including phenoxy) is 3. The zero-order valence-corrected chi connectivity index (χ0v) is 12.7. The van der Waals surface area contributed by atoms with Gasteiger partial charge in [0.05, 0.1) is 33.2 Å². The highest BCUT2D eigenvalue weighted by Crippen LogP contribution is 2.20. The van der Waals surface area contributed by atoms with Crippen molar-refractivity contribution in [2.24, 2.45) is 7.05 Å². The molecule has 1 heterocycles. The van der Waals surface area contributed by atoms with Crippen LogP contribution < -0.4 is 0 Å². The molecule has 0 unspecified atom stereocenters. The number of esters is 2. The van der Waals surface area contributed by atoms with Crippen molar-refractivity contribution in [1.82, 2.24) is 9.55 Å². The summed E-state index contributed by atoms with van der Waals surface area (Å²) in [5.41, 5.74) is 0.143. The summed E-state index contributed by atoms with van der Waals surface area (Å²) in [6, 6.07) is 0. The number of thioether (sulfide) groups is 1. The summed E-state index contributed by atoms with van der Waals surface area (Å²) in [5, 5.41) is -0.178. The van der Waals surface area contributed by atoms with Crippen molar-refractivity contribution < 1.29 is 28.6 Å². The fourth-order valence-corrected chi connectivity index (χ4v) is 1.90. The molecule has 0 fully saturated rings. The standard InChI is InChI=1S/C12H14N2O6S/c1-14-7(6-13-11(14)21-12(17)20-4)5-8(9(15)18-2)10(16)19-3/h5-6H,1-4H3. The van der Waals surface area contributed by atoms with Crippen molar-refractivity contribution in [3.63, 3.8) is 0 Å². The van der Waals surface area contributed by atoms with Crippen molar-refractivity contribution in [3.05, 3.63) is 17.5 Å². The smallest absolute Gasteiger partial charge is 0.374 e. The van der Waals surface area contributed by atoms with Gasteiger partial charge >= 0.3 is 17.2 Å². The van der Waals surface area contributed by atoms with E-state index in [1.165, 1.54) is 23.9 Å². The number of hydrogen-bond acceptors (Lipinski definition) is 8. The zero-order chi connectivity index (χ0) is 16.0. The van der Waals surface area contributed by atoms with Crippen LogP contribution in [0.5, 0.6) is 0 Å². The van der Waals surface area contributed by atoms with Crippen LogP contribution in [0.1, 0.15) is 5.69 Å². The predicted molar refractivity (Wildman–Crippen MR) is 73.5 cm³/mol. The summed E-state index contributed by atoms with van der Waals surface area (Å²) in [4.78, 5) is 38.3. The van der Waals surface area contributed by atoms with E-state index in [4.69, 9.17) is 0 Å². The summed E-state index contributed by atoms with van der Waals surface area (Å²) in [7, 11) is 5.18. The van der Waals surface area contributed by atoms with Crippen molar-refractivity contribution >= 4 is 35.1 Å². The molecular formula is C12H14N2O6S. The molecule has 1 aromatic rings. The lowest BCUT2D eigenvalue weighted by Gasteiger charge is -2.05. The van der Waals surface area contributed by atoms with Gasteiger partial charge in [-0.2, -0.15) is 0 Å². The number of carbonyl (C=O) groups excluding carboxylic acids is 3. The quantitative estimate of drug-likeness (QED) is 0.203. The molecule has 0 aliphatic rings. The molecule has 9 heteroatoms. The molecule has 0 aliphatic carbocycles. The maximum atomic E-state index is 11.6. The van der Waals surface area contributed by atoms with E-state index in [-0.39, 0.29) is 5.57 Å². The minimum Gasteiger partial charge on any atom is -0.465 e. The average Bonchev–Trinajstić information content (AvgIpc) is 2.83. The number of imidazole rings is 1. The molecule has 114 valence electrons. The van der Waals surface area contributed by atoms with Gasteiger partial charge in [-0.15, -0.1) is 0 Å². The second-order valence-corrected chi connectivity index (χ2v) is 4.52. The Labute approximate surface area is 125 Å². The Kier molecular flexibility index (Phi) is 5.97. The minimum absolute atomic E-state index is 0.280. The third-order valence-corrected chi connectivity index (χ3v) is 3.32. The van der Waals surface area contributed by atoms with E-state index in [0.29, 0.717) is 10.9 Å². The molecule has 0 saturated carbocycles. The Bertz CT molecular complexity index is 575. The Balaban J connectivity index is 3.14. The highest BCUT2D eigenvalue weighted by atomic mass is 32.2. The highest BCUT2D eigenvalue weighted by Gasteiger charge is 2.21. The summed E-state index contributed by atoms with van der Waals surface area (Å²) in [5.74, 6) is -1.66. The van der Waals surface area contributed by atoms with E-state index in [2.05, 4.69) is 19.2 Å². The summed E-state index contributed by atoms with van der Waals surface area (Å²) in [6.45, 7) is 0. The van der Waals surface area contributed by atoms with E-state index < -0.39 is 17.2 Å². The van der Waals surface area contributed by atoms with Gasteiger partial charge in [-0.1, -0.05) is 0 Å². The van der Waals surface area contributed by atoms with Gasteiger partial charge in [0.25, 0.3) is 0 Å². The lowest BCUT2D eigenvalue weighted by molar-refractivity contribution is -0.143. The van der Waals surface area contributed by atoms with Gasteiger partial charge in [0.15, 0.2) is 5.16 Å². The topological polar surface area (TPSA) is 96.7 Å². The summed E-state index contributed by atoms with van der Waals surface area (Å²) in [6.07, 6.45) is 2.67. The molecule has 21 heavy (non-hydrogen) atoms. The first kappa shape index (κ1) is 16.8. The monoisotopic (exact) mass is 314 g/mol. The van der Waals surface area contributed by atoms with Crippen LogP contribution in [0.25, 0.3) is 6.08 Å². The molecular weight excluding hydrogens is 300 g/mol. The third kappa shape index (κ3) is 4.09. The third-order valence-electron chi connectivity index (χ3n) is 2.43. The van der Waals surface area contributed by atoms with Crippen LogP contribution in [0.15, 0.2) is 16.9 Å². The molecule has 0 aromatic carbocycles. The first-order chi connectivity index (χ1) is 9.94. The van der Waals surface area contributed by atoms with E-state index in [1.54, 1.807) is 7.05 Å². The molecule has 0 bridgehead atoms. The molecule has 0 amide bonds. The van der Waals surface area contributed by atoms with Gasteiger partial charge in [-0.05, 0) is 6.08 Å². The SMILES string of the molecule is COC(=O)Sc1ncc(C=C(C(=O)OC)C(=O)OC)n1C. The Morgan fingerprint density at radius 1 is 1.14 bits per heavy atom. The van der Waals surface area contributed by atoms with Crippen LogP contribution in [0.2, 0.25) is 0 Å². The lowest BCUT2D eigenvalue weighted by atomic mass is 10.2. The number of aromatic nitrogens is 2. The molecule has 0 N–H and O–H groups in total. The van der Waals surface area contributed by atoms with Crippen molar-refractivity contribution in [2.45, 2.75) is 5.16 Å². The second kappa shape index (κ2) is 7.48. The van der Waals surface area contributed by atoms with Gasteiger partial charge < -0.3 is 18.8 Å². The Morgan fingerprint density at radius 3 is 2.19 bits per heavy atom. The van der Waals surface area contributed by atoms with E-state index in [9.17, 15) is 14.4 Å². The molecule has 1 rings (SSSR count). The van der Waals surface area contributed by atoms with Crippen molar-refractivity contribution in [3.8, 4) is 0 Å². The van der Waals surface area contributed by atoms with Crippen LogP contribution in [0.3, 0.4) is 0 Å². The van der Waals surface area contributed by atoms with E-state index >= 15 is 0 Å². The largest absolute Gasteiger partial charge is 0.465 e. The number of methoxy groups -OCH3 is 3. The fraction of sp³-hybridized carbons (Fsp3) is 0.333. The van der Waals surface area contributed by atoms with Crippen LogP contribution in [-0.2, 0) is 30.8 Å². The number of carbonyl (C=O) groups is 3. The number of hydrogen-bond donors (Lipinski definition) is 0. The van der Waals surface area contributed by atoms with Gasteiger partial charge in [-0.3, -0.25) is 0 Å². The first-order valence-corrected chi connectivity index (χ1v) is 6.42. The normalized spacial score (nSPS) is 9.71. The minimum atomic E-state index is -0.828. The van der Waals surface area contributed by atoms with E-state index in [0.717, 1.165) is 26.0 Å². The predicted octanol–water partition coefficient (Wildman–Crippen LogP) is 1.01. The molecule has 1 aromatic heterocycles. The van der Waals surface area contributed by atoms with Gasteiger partial charge in [0, 0.05) is 18.8 Å². The molecule has 0 saturated heterocycles. The number of nitrogens with zero attached hydrogens (tertiary/aromatic N) is 2.